The van der Waals surface area contributed by atoms with Gasteiger partial charge in [0.15, 0.2) is 5.12 Å². The highest BCUT2D eigenvalue weighted by Gasteiger charge is 2.33. The Morgan fingerprint density at radius 3 is 2.95 bits per heavy atom. The van der Waals surface area contributed by atoms with E-state index in [1.165, 1.54) is 25.0 Å². The lowest BCUT2D eigenvalue weighted by atomic mass is 10.4. The van der Waals surface area contributed by atoms with Crippen LogP contribution in [0.25, 0.3) is 0 Å². The van der Waals surface area contributed by atoms with E-state index >= 15 is 0 Å². The molecule has 7 nitrogen and oxygen atoms in total. The number of carbonyl (C=O) groups is 2. The smallest absolute Gasteiger partial charge is 0.237 e. The number of methoxy groups -OCH3 is 1. The minimum Gasteiger partial charge on any atom is -0.481 e. The lowest BCUT2D eigenvalue weighted by molar-refractivity contribution is -0.117. The van der Waals surface area contributed by atoms with Crippen LogP contribution in [0.1, 0.15) is 13.3 Å². The molecule has 0 saturated carbocycles. The number of rotatable bonds is 3. The fraction of sp³-hybridized carbons (Fsp3) is 0.455. The molecule has 1 aliphatic rings. The Kier molecular flexibility index (Phi) is 3.89. The van der Waals surface area contributed by atoms with Gasteiger partial charge in [0, 0.05) is 31.2 Å². The Labute approximate surface area is 114 Å². The zero-order chi connectivity index (χ0) is 14.0. The van der Waals surface area contributed by atoms with Crippen molar-refractivity contribution in [1.82, 2.24) is 9.97 Å². The summed E-state index contributed by atoms with van der Waals surface area (Å²) in [6.45, 7) is 1.88. The molecule has 8 heteroatoms. The van der Waals surface area contributed by atoms with Crippen LogP contribution in [-0.2, 0) is 9.59 Å². The maximum Gasteiger partial charge on any atom is 0.237 e. The fourth-order valence-corrected chi connectivity index (χ4v) is 2.76. The fourth-order valence-electron chi connectivity index (χ4n) is 1.84. The first kappa shape index (κ1) is 13.6. The van der Waals surface area contributed by atoms with Crippen LogP contribution in [0.5, 0.6) is 5.88 Å². The summed E-state index contributed by atoms with van der Waals surface area (Å²) in [4.78, 5) is 32.5. The third-order valence-electron chi connectivity index (χ3n) is 2.58. The van der Waals surface area contributed by atoms with Crippen LogP contribution in [0.2, 0.25) is 0 Å². The molecule has 0 bridgehead atoms. The molecule has 0 radical (unpaired) electrons. The second kappa shape index (κ2) is 5.43. The van der Waals surface area contributed by atoms with Crippen molar-refractivity contribution in [3.63, 3.8) is 0 Å². The third kappa shape index (κ3) is 3.14. The second-order valence-corrected chi connectivity index (χ2v) is 5.55. The number of hydrogen-bond donors (Lipinski definition) is 1. The van der Waals surface area contributed by atoms with Gasteiger partial charge in [0.25, 0.3) is 0 Å². The summed E-state index contributed by atoms with van der Waals surface area (Å²) in [5, 5.41) is -0.0771. The molecule has 1 unspecified atom stereocenters. The Bertz CT molecular complexity index is 523. The van der Waals surface area contributed by atoms with Gasteiger partial charge in [-0.2, -0.15) is 9.97 Å². The molecule has 1 aliphatic heterocycles. The van der Waals surface area contributed by atoms with Crippen LogP contribution in [0.15, 0.2) is 6.07 Å². The van der Waals surface area contributed by atoms with E-state index in [9.17, 15) is 9.59 Å². The van der Waals surface area contributed by atoms with Gasteiger partial charge >= 0.3 is 0 Å². The number of amides is 1. The first-order valence-electron chi connectivity index (χ1n) is 5.65. The quantitative estimate of drug-likeness (QED) is 0.859. The highest BCUT2D eigenvalue weighted by Crippen LogP contribution is 2.28. The van der Waals surface area contributed by atoms with Crippen LogP contribution in [0, 0.1) is 0 Å². The molecule has 2 rings (SSSR count). The predicted molar refractivity (Wildman–Crippen MR) is 72.0 cm³/mol. The van der Waals surface area contributed by atoms with E-state index in [1.54, 1.807) is 0 Å². The van der Waals surface area contributed by atoms with Gasteiger partial charge in [-0.15, -0.1) is 0 Å². The monoisotopic (exact) mass is 282 g/mol. The molecule has 102 valence electrons. The van der Waals surface area contributed by atoms with E-state index in [0.29, 0.717) is 18.8 Å². The van der Waals surface area contributed by atoms with Crippen molar-refractivity contribution < 1.29 is 14.3 Å². The number of anilines is 2. The van der Waals surface area contributed by atoms with E-state index in [2.05, 4.69) is 9.97 Å². The summed E-state index contributed by atoms with van der Waals surface area (Å²) in [7, 11) is 1.46. The molecule has 1 aromatic rings. The molecule has 0 aliphatic carbocycles. The van der Waals surface area contributed by atoms with Crippen molar-refractivity contribution in [3.8, 4) is 5.88 Å². The number of ether oxygens (including phenoxy) is 1. The summed E-state index contributed by atoms with van der Waals surface area (Å²) < 4.78 is 4.99. The summed E-state index contributed by atoms with van der Waals surface area (Å²) in [6.07, 6.45) is 0.296. The van der Waals surface area contributed by atoms with E-state index in [-0.39, 0.29) is 28.0 Å². The summed E-state index contributed by atoms with van der Waals surface area (Å²) in [6, 6.07) is 1.48. The molecule has 19 heavy (non-hydrogen) atoms. The minimum atomic E-state index is -0.119. The molecule has 1 aromatic heterocycles. The zero-order valence-corrected chi connectivity index (χ0v) is 11.4. The van der Waals surface area contributed by atoms with Gasteiger partial charge in [0.1, 0.15) is 5.82 Å². The largest absolute Gasteiger partial charge is 0.481 e. The zero-order valence-electron chi connectivity index (χ0n) is 10.6. The van der Waals surface area contributed by atoms with Crippen LogP contribution >= 0.6 is 11.8 Å². The predicted octanol–water partition coefficient (Wildman–Crippen LogP) is 0.452. The van der Waals surface area contributed by atoms with Crippen LogP contribution < -0.4 is 15.4 Å². The normalized spacial score (nSPS) is 18.7. The molecule has 2 heterocycles. The van der Waals surface area contributed by atoms with Crippen molar-refractivity contribution in [2.45, 2.75) is 18.6 Å². The SMILES string of the molecule is COc1cc(N)nc(N2CC(SC(C)=O)CC2=O)n1. The molecule has 1 saturated heterocycles. The summed E-state index contributed by atoms with van der Waals surface area (Å²) in [5.74, 6) is 0.634. The number of nitrogens with two attached hydrogens (primary N) is 1. The van der Waals surface area contributed by atoms with Gasteiger partial charge in [-0.3, -0.25) is 14.5 Å². The lowest BCUT2D eigenvalue weighted by Gasteiger charge is -2.15. The van der Waals surface area contributed by atoms with Crippen molar-refractivity contribution in [2.75, 3.05) is 24.3 Å². The van der Waals surface area contributed by atoms with E-state index in [0.717, 1.165) is 11.8 Å². The number of thioether (sulfide) groups is 1. The molecular formula is C11H14N4O3S. The average molecular weight is 282 g/mol. The molecule has 1 amide bonds. The molecule has 1 fully saturated rings. The second-order valence-electron chi connectivity index (χ2n) is 4.08. The highest BCUT2D eigenvalue weighted by atomic mass is 32.2. The Morgan fingerprint density at radius 1 is 1.58 bits per heavy atom. The number of nitrogen functional groups attached to an aromatic ring is 1. The van der Waals surface area contributed by atoms with Gasteiger partial charge in [0.2, 0.25) is 17.7 Å². The summed E-state index contributed by atoms with van der Waals surface area (Å²) in [5.41, 5.74) is 5.64. The van der Waals surface area contributed by atoms with Crippen molar-refractivity contribution in [2.24, 2.45) is 0 Å². The molecule has 0 spiro atoms. The van der Waals surface area contributed by atoms with Gasteiger partial charge < -0.3 is 10.5 Å². The molecule has 0 aromatic carbocycles. The van der Waals surface area contributed by atoms with Crippen molar-refractivity contribution in [1.29, 1.82) is 0 Å². The van der Waals surface area contributed by atoms with E-state index in [4.69, 9.17) is 10.5 Å². The van der Waals surface area contributed by atoms with Gasteiger partial charge in [-0.05, 0) is 0 Å². The Morgan fingerprint density at radius 2 is 2.32 bits per heavy atom. The lowest BCUT2D eigenvalue weighted by Crippen LogP contribution is -2.27. The third-order valence-corrected chi connectivity index (χ3v) is 3.56. The Hall–Kier alpha value is -1.83. The first-order chi connectivity index (χ1) is 8.99. The standard InChI is InChI=1S/C11H14N4O3S/c1-6(16)19-7-3-10(17)15(5-7)11-13-8(12)4-9(14-11)18-2/h4,7H,3,5H2,1-2H3,(H2,12,13,14). The minimum absolute atomic E-state index is 0.00859. The maximum absolute atomic E-state index is 11.9. The Balaban J connectivity index is 2.20. The van der Waals surface area contributed by atoms with E-state index < -0.39 is 0 Å². The molecule has 2 N–H and O–H groups in total. The van der Waals surface area contributed by atoms with Crippen LogP contribution in [-0.4, -0.2) is 39.9 Å². The van der Waals surface area contributed by atoms with Crippen LogP contribution in [0.3, 0.4) is 0 Å². The topological polar surface area (TPSA) is 98.4 Å². The molecular weight excluding hydrogens is 268 g/mol. The maximum atomic E-state index is 11.9. The number of hydrogen-bond acceptors (Lipinski definition) is 7. The summed E-state index contributed by atoms with van der Waals surface area (Å²) >= 11 is 1.16. The highest BCUT2D eigenvalue weighted by molar-refractivity contribution is 8.14. The molecule has 1 atom stereocenters. The van der Waals surface area contributed by atoms with Crippen molar-refractivity contribution in [3.05, 3.63) is 6.07 Å². The first-order valence-corrected chi connectivity index (χ1v) is 6.53. The van der Waals surface area contributed by atoms with Crippen molar-refractivity contribution >= 4 is 34.6 Å². The van der Waals surface area contributed by atoms with Crippen LogP contribution in [0.4, 0.5) is 11.8 Å². The van der Waals surface area contributed by atoms with Gasteiger partial charge in [-0.25, -0.2) is 0 Å². The number of carbonyl (C=O) groups excluding carboxylic acids is 2. The number of nitrogens with zero attached hydrogens (tertiary/aromatic N) is 3. The van der Waals surface area contributed by atoms with Gasteiger partial charge in [-0.1, -0.05) is 11.8 Å². The number of aromatic nitrogens is 2. The van der Waals surface area contributed by atoms with Gasteiger partial charge in [0.05, 0.1) is 7.11 Å². The van der Waals surface area contributed by atoms with E-state index in [1.807, 2.05) is 0 Å². The average Bonchev–Trinajstić information content (AvgIpc) is 2.68.